The van der Waals surface area contributed by atoms with E-state index in [-0.39, 0.29) is 24.8 Å². The predicted molar refractivity (Wildman–Crippen MR) is 64.1 cm³/mol. The second-order valence-corrected chi connectivity index (χ2v) is 5.93. The molecule has 0 saturated carbocycles. The number of morpholine rings is 1. The summed E-state index contributed by atoms with van der Waals surface area (Å²) in [6.07, 6.45) is 1.51. The first-order valence-electron chi connectivity index (χ1n) is 5.88. The molecule has 0 radical (unpaired) electrons. The number of carbonyl (C=O) groups excluding carboxylic acids is 1. The van der Waals surface area contributed by atoms with Gasteiger partial charge in [0.15, 0.2) is 0 Å². The van der Waals surface area contributed by atoms with Crippen LogP contribution in [0.15, 0.2) is 0 Å². The number of rotatable bonds is 7. The van der Waals surface area contributed by atoms with Gasteiger partial charge in [-0.15, -0.1) is 0 Å². The Bertz CT molecular complexity index is 342. The van der Waals surface area contributed by atoms with Crippen LogP contribution in [0, 0.1) is 0 Å². The van der Waals surface area contributed by atoms with E-state index in [9.17, 15) is 13.2 Å². The average molecular weight is 264 g/mol. The molecule has 1 aliphatic heterocycles. The van der Waals surface area contributed by atoms with Crippen LogP contribution in [0.25, 0.3) is 0 Å². The van der Waals surface area contributed by atoms with Gasteiger partial charge < -0.3 is 9.64 Å². The minimum Gasteiger partial charge on any atom is -0.370 e. The molecule has 7 heteroatoms. The van der Waals surface area contributed by atoms with E-state index in [1.165, 1.54) is 0 Å². The van der Waals surface area contributed by atoms with Crippen molar-refractivity contribution in [2.75, 3.05) is 38.6 Å². The van der Waals surface area contributed by atoms with Crippen LogP contribution >= 0.6 is 0 Å². The SMILES string of the molecule is CCCCS(=O)(=O)NCCN1CCOCC1=O. The first-order chi connectivity index (χ1) is 8.05. The van der Waals surface area contributed by atoms with Gasteiger partial charge in [0.2, 0.25) is 15.9 Å². The van der Waals surface area contributed by atoms with E-state index in [2.05, 4.69) is 4.72 Å². The molecule has 1 amide bonds. The van der Waals surface area contributed by atoms with Gasteiger partial charge in [-0.1, -0.05) is 13.3 Å². The molecule has 1 rings (SSSR count). The van der Waals surface area contributed by atoms with Crippen LogP contribution in [0.3, 0.4) is 0 Å². The largest absolute Gasteiger partial charge is 0.370 e. The van der Waals surface area contributed by atoms with Crippen molar-refractivity contribution in [3.8, 4) is 0 Å². The molecule has 0 aromatic carbocycles. The number of hydrogen-bond donors (Lipinski definition) is 1. The molecule has 0 bridgehead atoms. The average Bonchev–Trinajstić information content (AvgIpc) is 2.29. The summed E-state index contributed by atoms with van der Waals surface area (Å²) < 4.78 is 30.4. The number of ether oxygens (including phenoxy) is 1. The van der Waals surface area contributed by atoms with Gasteiger partial charge in [0.1, 0.15) is 6.61 Å². The molecule has 1 heterocycles. The summed E-state index contributed by atoms with van der Waals surface area (Å²) in [4.78, 5) is 13.0. The maximum Gasteiger partial charge on any atom is 0.248 e. The Balaban J connectivity index is 2.24. The van der Waals surface area contributed by atoms with Gasteiger partial charge in [0.25, 0.3) is 0 Å². The number of nitrogens with one attached hydrogen (secondary N) is 1. The van der Waals surface area contributed by atoms with Crippen molar-refractivity contribution >= 4 is 15.9 Å². The Labute approximate surface area is 102 Å². The summed E-state index contributed by atoms with van der Waals surface area (Å²) in [6, 6.07) is 0. The van der Waals surface area contributed by atoms with Gasteiger partial charge in [-0.3, -0.25) is 4.79 Å². The Morgan fingerprint density at radius 3 is 2.88 bits per heavy atom. The molecule has 1 saturated heterocycles. The molecule has 1 fully saturated rings. The zero-order valence-corrected chi connectivity index (χ0v) is 11.0. The second-order valence-electron chi connectivity index (χ2n) is 4.00. The van der Waals surface area contributed by atoms with Crippen LogP contribution in [0.5, 0.6) is 0 Å². The monoisotopic (exact) mass is 264 g/mol. The van der Waals surface area contributed by atoms with Crippen LogP contribution < -0.4 is 4.72 Å². The first kappa shape index (κ1) is 14.4. The Morgan fingerprint density at radius 2 is 2.24 bits per heavy atom. The molecule has 1 aliphatic rings. The van der Waals surface area contributed by atoms with Gasteiger partial charge in [0, 0.05) is 19.6 Å². The lowest BCUT2D eigenvalue weighted by Gasteiger charge is -2.26. The molecule has 0 spiro atoms. The highest BCUT2D eigenvalue weighted by Crippen LogP contribution is 1.98. The van der Waals surface area contributed by atoms with Gasteiger partial charge in [-0.25, -0.2) is 13.1 Å². The van der Waals surface area contributed by atoms with Crippen molar-refractivity contribution in [3.63, 3.8) is 0 Å². The zero-order valence-electron chi connectivity index (χ0n) is 10.1. The Hall–Kier alpha value is -0.660. The number of amides is 1. The third-order valence-electron chi connectivity index (χ3n) is 2.55. The number of hydrogen-bond acceptors (Lipinski definition) is 4. The third kappa shape index (κ3) is 5.47. The van der Waals surface area contributed by atoms with Crippen LogP contribution in [0.4, 0.5) is 0 Å². The van der Waals surface area contributed by atoms with Gasteiger partial charge in [0.05, 0.1) is 12.4 Å². The summed E-state index contributed by atoms with van der Waals surface area (Å²) in [5, 5.41) is 0. The number of sulfonamides is 1. The molecule has 0 atom stereocenters. The van der Waals surface area contributed by atoms with E-state index in [1.807, 2.05) is 6.92 Å². The fraction of sp³-hybridized carbons (Fsp3) is 0.900. The highest BCUT2D eigenvalue weighted by atomic mass is 32.2. The first-order valence-corrected chi connectivity index (χ1v) is 7.53. The molecule has 17 heavy (non-hydrogen) atoms. The highest BCUT2D eigenvalue weighted by Gasteiger charge is 2.18. The van der Waals surface area contributed by atoms with Crippen molar-refractivity contribution in [3.05, 3.63) is 0 Å². The summed E-state index contributed by atoms with van der Waals surface area (Å²) >= 11 is 0. The maximum absolute atomic E-state index is 11.5. The lowest BCUT2D eigenvalue weighted by Crippen LogP contribution is -2.45. The molecule has 0 aromatic heterocycles. The molecule has 100 valence electrons. The van der Waals surface area contributed by atoms with Crippen molar-refractivity contribution in [2.24, 2.45) is 0 Å². The molecule has 0 aromatic rings. The number of unbranched alkanes of at least 4 members (excludes halogenated alkanes) is 1. The van der Waals surface area contributed by atoms with Crippen molar-refractivity contribution < 1.29 is 17.9 Å². The van der Waals surface area contributed by atoms with Crippen LogP contribution in [-0.2, 0) is 19.6 Å². The van der Waals surface area contributed by atoms with E-state index >= 15 is 0 Å². The van der Waals surface area contributed by atoms with E-state index < -0.39 is 10.0 Å². The highest BCUT2D eigenvalue weighted by molar-refractivity contribution is 7.89. The Morgan fingerprint density at radius 1 is 1.47 bits per heavy atom. The minimum absolute atomic E-state index is 0.0796. The summed E-state index contributed by atoms with van der Waals surface area (Å²) in [5.74, 6) is 0.0737. The zero-order chi connectivity index (χ0) is 12.7. The molecular formula is C10H20N2O4S. The van der Waals surface area contributed by atoms with Crippen molar-refractivity contribution in [2.45, 2.75) is 19.8 Å². The van der Waals surface area contributed by atoms with Crippen LogP contribution in [-0.4, -0.2) is 57.8 Å². The van der Waals surface area contributed by atoms with Crippen LogP contribution in [0.2, 0.25) is 0 Å². The Kier molecular flexibility index (Phi) is 5.87. The third-order valence-corrected chi connectivity index (χ3v) is 4.02. The predicted octanol–water partition coefficient (Wildman–Crippen LogP) is -0.435. The lowest BCUT2D eigenvalue weighted by molar-refractivity contribution is -0.142. The van der Waals surface area contributed by atoms with E-state index in [4.69, 9.17) is 4.74 Å². The normalized spacial score (nSPS) is 17.5. The molecule has 6 nitrogen and oxygen atoms in total. The van der Waals surface area contributed by atoms with Crippen LogP contribution in [0.1, 0.15) is 19.8 Å². The van der Waals surface area contributed by atoms with Gasteiger partial charge >= 0.3 is 0 Å². The number of carbonyl (C=O) groups is 1. The van der Waals surface area contributed by atoms with Crippen molar-refractivity contribution in [1.29, 1.82) is 0 Å². The molecule has 0 aliphatic carbocycles. The van der Waals surface area contributed by atoms with Gasteiger partial charge in [-0.2, -0.15) is 0 Å². The fourth-order valence-corrected chi connectivity index (χ4v) is 2.74. The van der Waals surface area contributed by atoms with Gasteiger partial charge in [-0.05, 0) is 6.42 Å². The molecule has 1 N–H and O–H groups in total. The van der Waals surface area contributed by atoms with Crippen molar-refractivity contribution in [1.82, 2.24) is 9.62 Å². The smallest absolute Gasteiger partial charge is 0.248 e. The summed E-state index contributed by atoms with van der Waals surface area (Å²) in [7, 11) is -3.18. The van der Waals surface area contributed by atoms with E-state index in [0.717, 1.165) is 6.42 Å². The topological polar surface area (TPSA) is 75.7 Å². The molecule has 0 unspecified atom stereocenters. The molecular weight excluding hydrogens is 244 g/mol. The standard InChI is InChI=1S/C10H20N2O4S/c1-2-3-8-17(14,15)11-4-5-12-6-7-16-9-10(12)13/h11H,2-9H2,1H3. The lowest BCUT2D eigenvalue weighted by atomic mass is 10.4. The second kappa shape index (κ2) is 6.93. The number of nitrogens with zero attached hydrogens (tertiary/aromatic N) is 1. The van der Waals surface area contributed by atoms with E-state index in [0.29, 0.717) is 26.1 Å². The fourth-order valence-electron chi connectivity index (χ4n) is 1.53. The van der Waals surface area contributed by atoms with E-state index in [1.54, 1.807) is 4.90 Å². The summed E-state index contributed by atoms with van der Waals surface area (Å²) in [5.41, 5.74) is 0. The maximum atomic E-state index is 11.5. The summed E-state index contributed by atoms with van der Waals surface area (Å²) in [6.45, 7) is 3.79. The quantitative estimate of drug-likeness (QED) is 0.676. The minimum atomic E-state index is -3.18.